The van der Waals surface area contributed by atoms with Crippen LogP contribution in [-0.4, -0.2) is 35.9 Å². The lowest BCUT2D eigenvalue weighted by atomic mass is 10.1. The summed E-state index contributed by atoms with van der Waals surface area (Å²) >= 11 is 1.48. The van der Waals surface area contributed by atoms with E-state index < -0.39 is 6.61 Å². The summed E-state index contributed by atoms with van der Waals surface area (Å²) < 4.78 is 34.2. The number of hydrogen-bond donors (Lipinski definition) is 1. The van der Waals surface area contributed by atoms with Crippen molar-refractivity contribution in [2.75, 3.05) is 13.4 Å². The van der Waals surface area contributed by atoms with Gasteiger partial charge in [0.15, 0.2) is 16.7 Å². The van der Waals surface area contributed by atoms with Gasteiger partial charge < -0.3 is 14.8 Å². The van der Waals surface area contributed by atoms with Crippen molar-refractivity contribution in [1.82, 2.24) is 15.3 Å². The summed E-state index contributed by atoms with van der Waals surface area (Å²) in [5, 5.41) is 3.53. The first-order valence-electron chi connectivity index (χ1n) is 8.60. The minimum atomic E-state index is -2.93. The molecule has 0 bridgehead atoms. The minimum Gasteiger partial charge on any atom is -0.493 e. The Hall–Kier alpha value is -2.42. The van der Waals surface area contributed by atoms with Crippen LogP contribution in [0.3, 0.4) is 0 Å². The molecule has 9 heteroatoms. The average molecular weight is 411 g/mol. The van der Waals surface area contributed by atoms with E-state index in [0.717, 1.165) is 22.1 Å². The van der Waals surface area contributed by atoms with E-state index in [1.165, 1.54) is 24.9 Å². The molecule has 2 rings (SSSR count). The van der Waals surface area contributed by atoms with Crippen LogP contribution in [0.15, 0.2) is 23.4 Å². The normalized spacial score (nSPS) is 10.8. The van der Waals surface area contributed by atoms with Crippen LogP contribution < -0.4 is 14.8 Å². The van der Waals surface area contributed by atoms with Crippen molar-refractivity contribution < 1.29 is 23.0 Å². The van der Waals surface area contributed by atoms with Crippen molar-refractivity contribution in [2.45, 2.75) is 45.0 Å². The number of nitrogens with zero attached hydrogens (tertiary/aromatic N) is 2. The molecular weight excluding hydrogens is 388 g/mol. The van der Waals surface area contributed by atoms with Crippen LogP contribution in [-0.2, 0) is 17.8 Å². The van der Waals surface area contributed by atoms with Gasteiger partial charge in [0.1, 0.15) is 0 Å². The Morgan fingerprint density at radius 3 is 2.46 bits per heavy atom. The standard InChI is InChI=1S/C19H23F2N3O3S/c1-11-14(12(2)24-19(23-11)28-4)6-8-17(25)22-10-13-5-7-15(27-18(20)21)16(9-13)26-3/h5,7,9,18H,6,8,10H2,1-4H3,(H,22,25). The van der Waals surface area contributed by atoms with Gasteiger partial charge in [-0.05, 0) is 49.8 Å². The second kappa shape index (κ2) is 10.2. The molecular formula is C19H23F2N3O3S. The zero-order valence-corrected chi connectivity index (χ0v) is 17.0. The molecule has 0 atom stereocenters. The van der Waals surface area contributed by atoms with Gasteiger partial charge in [0, 0.05) is 24.4 Å². The maximum absolute atomic E-state index is 12.4. The quantitative estimate of drug-likeness (QED) is 0.501. The Balaban J connectivity index is 1.92. The van der Waals surface area contributed by atoms with Crippen molar-refractivity contribution >= 4 is 17.7 Å². The molecule has 1 aromatic heterocycles. The fraction of sp³-hybridized carbons (Fsp3) is 0.421. The highest BCUT2D eigenvalue weighted by Gasteiger charge is 2.13. The van der Waals surface area contributed by atoms with Crippen LogP contribution in [0.2, 0.25) is 0 Å². The summed E-state index contributed by atoms with van der Waals surface area (Å²) in [6.07, 6.45) is 2.76. The van der Waals surface area contributed by atoms with Crippen LogP contribution in [0.4, 0.5) is 8.78 Å². The third-order valence-electron chi connectivity index (χ3n) is 4.12. The molecule has 0 aliphatic carbocycles. The van der Waals surface area contributed by atoms with Gasteiger partial charge in [-0.3, -0.25) is 4.79 Å². The van der Waals surface area contributed by atoms with Crippen LogP contribution in [0.5, 0.6) is 11.5 Å². The number of amides is 1. The van der Waals surface area contributed by atoms with Gasteiger partial charge >= 0.3 is 6.61 Å². The topological polar surface area (TPSA) is 73.3 Å². The Labute approximate surface area is 167 Å². The highest BCUT2D eigenvalue weighted by Crippen LogP contribution is 2.29. The van der Waals surface area contributed by atoms with E-state index in [1.54, 1.807) is 12.1 Å². The predicted molar refractivity (Wildman–Crippen MR) is 103 cm³/mol. The fourth-order valence-corrected chi connectivity index (χ4v) is 3.16. The maximum Gasteiger partial charge on any atom is 0.387 e. The Bertz CT molecular complexity index is 811. The maximum atomic E-state index is 12.4. The summed E-state index contributed by atoms with van der Waals surface area (Å²) in [4.78, 5) is 21.0. The number of aryl methyl sites for hydroxylation is 2. The van der Waals surface area contributed by atoms with Crippen LogP contribution in [0.1, 0.15) is 28.9 Å². The number of carbonyl (C=O) groups excluding carboxylic acids is 1. The lowest BCUT2D eigenvalue weighted by molar-refractivity contribution is -0.121. The van der Waals surface area contributed by atoms with E-state index in [4.69, 9.17) is 4.74 Å². The van der Waals surface area contributed by atoms with E-state index in [-0.39, 0.29) is 24.0 Å². The summed E-state index contributed by atoms with van der Waals surface area (Å²) in [6, 6.07) is 4.55. The zero-order valence-electron chi connectivity index (χ0n) is 16.2. The molecule has 152 valence electrons. The molecule has 0 radical (unpaired) electrons. The van der Waals surface area contributed by atoms with Crippen molar-refractivity contribution in [2.24, 2.45) is 0 Å². The molecule has 1 heterocycles. The van der Waals surface area contributed by atoms with E-state index >= 15 is 0 Å². The molecule has 1 amide bonds. The number of alkyl halides is 2. The van der Waals surface area contributed by atoms with Gasteiger partial charge in [0.2, 0.25) is 5.91 Å². The smallest absolute Gasteiger partial charge is 0.387 e. The number of thioether (sulfide) groups is 1. The van der Waals surface area contributed by atoms with E-state index in [1.807, 2.05) is 20.1 Å². The summed E-state index contributed by atoms with van der Waals surface area (Å²) in [5.41, 5.74) is 3.45. The van der Waals surface area contributed by atoms with E-state index in [2.05, 4.69) is 20.0 Å². The Kier molecular flexibility index (Phi) is 7.98. The number of benzene rings is 1. The van der Waals surface area contributed by atoms with Gasteiger partial charge in [-0.25, -0.2) is 9.97 Å². The SMILES string of the molecule is COc1cc(CNC(=O)CCc2c(C)nc(SC)nc2C)ccc1OC(F)F. The van der Waals surface area contributed by atoms with Gasteiger partial charge in [0.05, 0.1) is 7.11 Å². The van der Waals surface area contributed by atoms with Crippen LogP contribution >= 0.6 is 11.8 Å². The Morgan fingerprint density at radius 1 is 1.21 bits per heavy atom. The molecule has 6 nitrogen and oxygen atoms in total. The molecule has 1 N–H and O–H groups in total. The number of halogens is 2. The second-order valence-corrected chi connectivity index (χ2v) is 6.77. The second-order valence-electron chi connectivity index (χ2n) is 6.00. The highest BCUT2D eigenvalue weighted by atomic mass is 32.2. The zero-order chi connectivity index (χ0) is 20.7. The summed E-state index contributed by atoms with van der Waals surface area (Å²) in [7, 11) is 1.37. The van der Waals surface area contributed by atoms with Crippen molar-refractivity contribution in [3.8, 4) is 11.5 Å². The predicted octanol–water partition coefficient (Wildman–Crippen LogP) is 3.67. The fourth-order valence-electron chi connectivity index (χ4n) is 2.70. The minimum absolute atomic E-state index is 0.0489. The largest absolute Gasteiger partial charge is 0.493 e. The highest BCUT2D eigenvalue weighted by molar-refractivity contribution is 7.98. The average Bonchev–Trinajstić information content (AvgIpc) is 2.65. The van der Waals surface area contributed by atoms with Crippen molar-refractivity contribution in [3.05, 3.63) is 40.7 Å². The lowest BCUT2D eigenvalue weighted by Gasteiger charge is -2.12. The van der Waals surface area contributed by atoms with E-state index in [0.29, 0.717) is 18.4 Å². The number of hydrogen-bond acceptors (Lipinski definition) is 6. The molecule has 0 aliphatic rings. The lowest BCUT2D eigenvalue weighted by Crippen LogP contribution is -2.23. The summed E-state index contributed by atoms with van der Waals surface area (Å²) in [6.45, 7) is 1.15. The first-order chi connectivity index (χ1) is 13.3. The number of aromatic nitrogens is 2. The third kappa shape index (κ3) is 6.05. The van der Waals surface area contributed by atoms with Gasteiger partial charge in [-0.1, -0.05) is 17.8 Å². The van der Waals surface area contributed by atoms with Gasteiger partial charge in [-0.2, -0.15) is 8.78 Å². The van der Waals surface area contributed by atoms with Gasteiger partial charge in [0.25, 0.3) is 0 Å². The number of methoxy groups -OCH3 is 1. The third-order valence-corrected chi connectivity index (χ3v) is 4.67. The molecule has 0 fully saturated rings. The van der Waals surface area contributed by atoms with E-state index in [9.17, 15) is 13.6 Å². The number of ether oxygens (including phenoxy) is 2. The number of carbonyl (C=O) groups is 1. The van der Waals surface area contributed by atoms with Crippen LogP contribution in [0, 0.1) is 13.8 Å². The van der Waals surface area contributed by atoms with Crippen LogP contribution in [0.25, 0.3) is 0 Å². The Morgan fingerprint density at radius 2 is 1.89 bits per heavy atom. The molecule has 28 heavy (non-hydrogen) atoms. The number of nitrogens with one attached hydrogen (secondary N) is 1. The number of rotatable bonds is 9. The summed E-state index contributed by atoms with van der Waals surface area (Å²) in [5.74, 6) is 0.0103. The molecule has 0 unspecified atom stereocenters. The first-order valence-corrected chi connectivity index (χ1v) is 9.83. The molecule has 2 aromatic rings. The molecule has 1 aromatic carbocycles. The van der Waals surface area contributed by atoms with Gasteiger partial charge in [-0.15, -0.1) is 0 Å². The van der Waals surface area contributed by atoms with Crippen molar-refractivity contribution in [1.29, 1.82) is 0 Å². The molecule has 0 saturated carbocycles. The molecule has 0 spiro atoms. The van der Waals surface area contributed by atoms with Crippen molar-refractivity contribution in [3.63, 3.8) is 0 Å². The molecule has 0 aliphatic heterocycles. The monoisotopic (exact) mass is 411 g/mol. The first kappa shape index (κ1) is 21.9. The molecule has 0 saturated heterocycles.